The van der Waals surface area contributed by atoms with E-state index in [1.807, 2.05) is 0 Å². The fourth-order valence-corrected chi connectivity index (χ4v) is 2.82. The fourth-order valence-electron chi connectivity index (χ4n) is 2.82. The second kappa shape index (κ2) is 10.4. The number of ether oxygens (including phenoxy) is 4. The van der Waals surface area contributed by atoms with Crippen LogP contribution in [0.4, 0.5) is 5.69 Å². The predicted molar refractivity (Wildman–Crippen MR) is 113 cm³/mol. The van der Waals surface area contributed by atoms with E-state index in [2.05, 4.69) is 4.74 Å². The van der Waals surface area contributed by atoms with E-state index >= 15 is 0 Å². The number of phenols is 2. The number of nitro groups is 1. The molecular formula is C21H21NO12. The maximum atomic E-state index is 12.6. The minimum absolute atomic E-state index is 0.330. The Morgan fingerprint density at radius 2 is 1.68 bits per heavy atom. The molecule has 0 aliphatic rings. The molecule has 2 rings (SSSR count). The van der Waals surface area contributed by atoms with Crippen molar-refractivity contribution in [2.75, 3.05) is 20.8 Å². The summed E-state index contributed by atoms with van der Waals surface area (Å²) in [4.78, 5) is 46.5. The lowest BCUT2D eigenvalue weighted by atomic mass is 10.1. The first-order valence-corrected chi connectivity index (χ1v) is 9.50. The minimum Gasteiger partial charge on any atom is -0.507 e. The summed E-state index contributed by atoms with van der Waals surface area (Å²) in [6, 6.07) is 3.28. The molecule has 0 aliphatic carbocycles. The molecule has 2 aromatic carbocycles. The smallest absolute Gasteiger partial charge is 0.349 e. The van der Waals surface area contributed by atoms with Gasteiger partial charge in [-0.3, -0.25) is 14.9 Å². The summed E-state index contributed by atoms with van der Waals surface area (Å²) < 4.78 is 20.3. The Morgan fingerprint density at radius 3 is 2.21 bits per heavy atom. The Bertz CT molecular complexity index is 1160. The van der Waals surface area contributed by atoms with E-state index in [-0.39, 0.29) is 5.75 Å². The largest absolute Gasteiger partial charge is 0.507 e. The van der Waals surface area contributed by atoms with Gasteiger partial charge in [0.05, 0.1) is 25.1 Å². The van der Waals surface area contributed by atoms with Crippen LogP contribution in [-0.2, 0) is 14.3 Å². The van der Waals surface area contributed by atoms with Crippen molar-refractivity contribution in [1.29, 1.82) is 0 Å². The molecule has 1 atom stereocenters. The van der Waals surface area contributed by atoms with E-state index in [1.54, 1.807) is 0 Å². The van der Waals surface area contributed by atoms with Gasteiger partial charge in [0.1, 0.15) is 23.7 Å². The molecule has 0 radical (unpaired) electrons. The molecule has 13 nitrogen and oxygen atoms in total. The van der Waals surface area contributed by atoms with Crippen LogP contribution in [0.3, 0.4) is 0 Å². The van der Waals surface area contributed by atoms with Gasteiger partial charge in [-0.25, -0.2) is 9.59 Å². The van der Waals surface area contributed by atoms with Gasteiger partial charge in [-0.2, -0.15) is 0 Å². The molecule has 13 heteroatoms. The quantitative estimate of drug-likeness (QED) is 0.271. The molecule has 3 N–H and O–H groups in total. The number of carbonyl (C=O) groups excluding carboxylic acids is 2. The van der Waals surface area contributed by atoms with Crippen LogP contribution in [0.2, 0.25) is 0 Å². The number of hydrogen-bond acceptors (Lipinski definition) is 11. The second-order valence-electron chi connectivity index (χ2n) is 7.00. The van der Waals surface area contributed by atoms with Crippen molar-refractivity contribution in [2.45, 2.75) is 13.8 Å². The standard InChI is InChI=1S/C21H21NO12/c1-9-5-11(23)15(21(28)33-8-10(2)19(25)26)13(6-9)34-18-14(31-3)7-12(24)17(22(29)30)16(18)20(27)32-4/h5-7,10,23-24H,8H2,1-4H3,(H,25,26)/t10-/m0/s1. The summed E-state index contributed by atoms with van der Waals surface area (Å²) in [5.41, 5.74) is -2.02. The maximum Gasteiger partial charge on any atom is 0.349 e. The van der Waals surface area contributed by atoms with Gasteiger partial charge in [0.2, 0.25) is 0 Å². The minimum atomic E-state index is -1.26. The summed E-state index contributed by atoms with van der Waals surface area (Å²) in [7, 11) is 2.07. The number of aromatic hydroxyl groups is 2. The summed E-state index contributed by atoms with van der Waals surface area (Å²) >= 11 is 0. The zero-order valence-electron chi connectivity index (χ0n) is 18.5. The Hall–Kier alpha value is -4.55. The summed E-state index contributed by atoms with van der Waals surface area (Å²) in [6.45, 7) is 2.30. The third-order valence-electron chi connectivity index (χ3n) is 4.52. The van der Waals surface area contributed by atoms with E-state index in [0.717, 1.165) is 20.3 Å². The average Bonchev–Trinajstić information content (AvgIpc) is 2.76. The van der Waals surface area contributed by atoms with Crippen molar-refractivity contribution in [2.24, 2.45) is 5.92 Å². The molecule has 0 spiro atoms. The number of nitrogens with zero attached hydrogens (tertiary/aromatic N) is 1. The average molecular weight is 479 g/mol. The van der Waals surface area contributed by atoms with E-state index in [0.29, 0.717) is 5.56 Å². The molecule has 0 amide bonds. The first-order valence-electron chi connectivity index (χ1n) is 9.50. The lowest BCUT2D eigenvalue weighted by Crippen LogP contribution is -2.19. The van der Waals surface area contributed by atoms with Crippen molar-refractivity contribution < 1.29 is 53.6 Å². The third-order valence-corrected chi connectivity index (χ3v) is 4.52. The zero-order chi connectivity index (χ0) is 25.7. The van der Waals surface area contributed by atoms with Gasteiger partial charge in [-0.15, -0.1) is 0 Å². The SMILES string of the molecule is COC(=O)c1c(Oc2cc(C)cc(O)c2C(=O)OC[C@H](C)C(=O)O)c(OC)cc(O)c1[N+](=O)[O-]. The lowest BCUT2D eigenvalue weighted by molar-refractivity contribution is -0.386. The molecule has 0 aliphatic heterocycles. The van der Waals surface area contributed by atoms with Crippen LogP contribution in [0.25, 0.3) is 0 Å². The number of phenolic OH excluding ortho intramolecular Hbond substituents is 2. The fraction of sp³-hybridized carbons (Fsp3) is 0.286. The molecule has 0 unspecified atom stereocenters. The molecule has 0 heterocycles. The number of aliphatic carboxylic acids is 1. The Balaban J connectivity index is 2.70. The van der Waals surface area contributed by atoms with Crippen LogP contribution in [-0.4, -0.2) is 59.0 Å². The molecule has 2 aromatic rings. The third kappa shape index (κ3) is 5.26. The van der Waals surface area contributed by atoms with E-state index in [4.69, 9.17) is 19.3 Å². The number of carbonyl (C=O) groups is 3. The van der Waals surface area contributed by atoms with Crippen LogP contribution in [0.15, 0.2) is 18.2 Å². The van der Waals surface area contributed by atoms with Crippen molar-refractivity contribution >= 4 is 23.6 Å². The molecule has 34 heavy (non-hydrogen) atoms. The van der Waals surface area contributed by atoms with Crippen molar-refractivity contribution in [3.05, 3.63) is 45.0 Å². The number of methoxy groups -OCH3 is 2. The van der Waals surface area contributed by atoms with Crippen LogP contribution in [0.5, 0.6) is 28.7 Å². The Labute approximate surface area is 192 Å². The predicted octanol–water partition coefficient (Wildman–Crippen LogP) is 2.78. The number of aryl methyl sites for hydroxylation is 1. The van der Waals surface area contributed by atoms with Gasteiger partial charge in [0.25, 0.3) is 0 Å². The molecule has 0 aromatic heterocycles. The first kappa shape index (κ1) is 25.7. The summed E-state index contributed by atoms with van der Waals surface area (Å²) in [6.07, 6.45) is 0. The van der Waals surface area contributed by atoms with Gasteiger partial charge in [0, 0.05) is 6.07 Å². The van der Waals surface area contributed by atoms with E-state index in [9.17, 15) is 34.7 Å². The number of hydrogen-bond donors (Lipinski definition) is 3. The van der Waals surface area contributed by atoms with E-state index < -0.39 is 75.2 Å². The monoisotopic (exact) mass is 479 g/mol. The molecule has 0 saturated carbocycles. The molecule has 0 bridgehead atoms. The van der Waals surface area contributed by atoms with Crippen LogP contribution in [0.1, 0.15) is 33.2 Å². The van der Waals surface area contributed by atoms with Crippen LogP contribution >= 0.6 is 0 Å². The van der Waals surface area contributed by atoms with Crippen molar-refractivity contribution in [1.82, 2.24) is 0 Å². The van der Waals surface area contributed by atoms with Crippen molar-refractivity contribution in [3.8, 4) is 28.7 Å². The second-order valence-corrected chi connectivity index (χ2v) is 7.00. The van der Waals surface area contributed by atoms with Gasteiger partial charge >= 0.3 is 23.6 Å². The highest BCUT2D eigenvalue weighted by Gasteiger charge is 2.35. The van der Waals surface area contributed by atoms with Crippen molar-refractivity contribution in [3.63, 3.8) is 0 Å². The zero-order valence-corrected chi connectivity index (χ0v) is 18.5. The van der Waals surface area contributed by atoms with E-state index in [1.165, 1.54) is 26.0 Å². The van der Waals surface area contributed by atoms with Gasteiger partial charge in [-0.05, 0) is 31.5 Å². The highest BCUT2D eigenvalue weighted by molar-refractivity contribution is 6.00. The normalized spacial score (nSPS) is 11.3. The van der Waals surface area contributed by atoms with Gasteiger partial charge in [-0.1, -0.05) is 0 Å². The van der Waals surface area contributed by atoms with Crippen LogP contribution in [0, 0.1) is 23.0 Å². The summed E-state index contributed by atoms with van der Waals surface area (Å²) in [5, 5.41) is 40.9. The number of carboxylic acids is 1. The highest BCUT2D eigenvalue weighted by Crippen LogP contribution is 2.47. The highest BCUT2D eigenvalue weighted by atomic mass is 16.6. The Morgan fingerprint density at radius 1 is 1.03 bits per heavy atom. The molecule has 0 fully saturated rings. The Kier molecular flexibility index (Phi) is 7.85. The van der Waals surface area contributed by atoms with Gasteiger partial charge < -0.3 is 34.3 Å². The number of benzene rings is 2. The molecule has 0 saturated heterocycles. The molecular weight excluding hydrogens is 458 g/mol. The maximum absolute atomic E-state index is 12.6. The van der Waals surface area contributed by atoms with Gasteiger partial charge in [0.15, 0.2) is 22.8 Å². The van der Waals surface area contributed by atoms with Crippen LogP contribution < -0.4 is 9.47 Å². The molecule has 182 valence electrons. The number of rotatable bonds is 9. The first-order chi connectivity index (χ1) is 15.9. The number of esters is 2. The summed E-state index contributed by atoms with van der Waals surface area (Å²) in [5.74, 6) is -7.51. The topological polar surface area (TPSA) is 192 Å². The lowest BCUT2D eigenvalue weighted by Gasteiger charge is -2.18. The number of carboxylic acid groups (broad SMARTS) is 1. The number of nitro benzene ring substituents is 1.